The molecule has 3 N–H and O–H groups in total. The highest BCUT2D eigenvalue weighted by Crippen LogP contribution is 2.14. The molecule has 0 aliphatic rings. The van der Waals surface area contributed by atoms with Crippen LogP contribution in [0.2, 0.25) is 0 Å². The number of rotatable bonds is 9. The molecule has 0 radical (unpaired) electrons. The molecule has 5 nitrogen and oxygen atoms in total. The summed E-state index contributed by atoms with van der Waals surface area (Å²) in [5.74, 6) is 0.589. The van der Waals surface area contributed by atoms with E-state index in [0.29, 0.717) is 37.3 Å². The van der Waals surface area contributed by atoms with E-state index in [-0.39, 0.29) is 30.1 Å². The van der Waals surface area contributed by atoms with E-state index in [4.69, 9.17) is 10.5 Å². The van der Waals surface area contributed by atoms with Crippen LogP contribution in [0.5, 0.6) is 5.75 Å². The van der Waals surface area contributed by atoms with Crippen LogP contribution in [0, 0.1) is 0 Å². The average molecular weight is 377 g/mol. The molecule has 0 bridgehead atoms. The normalized spacial score (nSPS) is 11.2. The molecule has 0 fully saturated rings. The van der Waals surface area contributed by atoms with E-state index < -0.39 is 0 Å². The van der Waals surface area contributed by atoms with Gasteiger partial charge in [0.1, 0.15) is 5.75 Å². The van der Waals surface area contributed by atoms with Crippen LogP contribution in [0.25, 0.3) is 0 Å². The van der Waals surface area contributed by atoms with Gasteiger partial charge in [0.2, 0.25) is 5.91 Å². The number of hydrogen-bond acceptors (Lipinski definition) is 4. The zero-order valence-electron chi connectivity index (χ0n) is 14.8. The summed E-state index contributed by atoms with van der Waals surface area (Å²) < 4.78 is 5.59. The van der Waals surface area contributed by atoms with Crippen molar-refractivity contribution in [3.63, 3.8) is 0 Å². The maximum absolute atomic E-state index is 11.9. The molecule has 0 aliphatic heterocycles. The first-order valence-corrected chi connectivity index (χ1v) is 8.37. The Labute approximate surface area is 160 Å². The van der Waals surface area contributed by atoms with Gasteiger partial charge in [-0.3, -0.25) is 9.59 Å². The molecule has 1 atom stereocenters. The van der Waals surface area contributed by atoms with Crippen molar-refractivity contribution in [1.82, 2.24) is 5.32 Å². The third kappa shape index (κ3) is 7.25. The average Bonchev–Trinajstić information content (AvgIpc) is 2.64. The van der Waals surface area contributed by atoms with Gasteiger partial charge in [0, 0.05) is 24.6 Å². The Morgan fingerprint density at radius 3 is 2.54 bits per heavy atom. The van der Waals surface area contributed by atoms with Gasteiger partial charge in [0.05, 0.1) is 6.61 Å². The van der Waals surface area contributed by atoms with E-state index in [1.54, 1.807) is 24.3 Å². The number of ketones is 1. The molecule has 1 amide bonds. The summed E-state index contributed by atoms with van der Waals surface area (Å²) in [4.78, 5) is 23.2. The largest absolute Gasteiger partial charge is 0.494 e. The summed E-state index contributed by atoms with van der Waals surface area (Å²) in [5, 5.41) is 2.84. The van der Waals surface area contributed by atoms with Crippen molar-refractivity contribution in [2.24, 2.45) is 5.73 Å². The summed E-state index contributed by atoms with van der Waals surface area (Å²) in [6.07, 6.45) is 0.963. The Morgan fingerprint density at radius 2 is 1.85 bits per heavy atom. The molecule has 26 heavy (non-hydrogen) atoms. The maximum Gasteiger partial charge on any atom is 0.220 e. The molecule has 2 rings (SSSR count). The number of nitrogens with two attached hydrogens (primary N) is 1. The quantitative estimate of drug-likeness (QED) is 0.519. The Bertz CT molecular complexity index is 707. The van der Waals surface area contributed by atoms with Crippen LogP contribution in [0.4, 0.5) is 0 Å². The molecule has 0 aromatic heterocycles. The lowest BCUT2D eigenvalue weighted by Crippen LogP contribution is -2.31. The minimum Gasteiger partial charge on any atom is -0.494 e. The van der Waals surface area contributed by atoms with E-state index in [9.17, 15) is 9.59 Å². The summed E-state index contributed by atoms with van der Waals surface area (Å²) >= 11 is 0. The first kappa shape index (κ1) is 21.7. The van der Waals surface area contributed by atoms with Gasteiger partial charge in [0.15, 0.2) is 5.78 Å². The van der Waals surface area contributed by atoms with Crippen LogP contribution in [0.3, 0.4) is 0 Å². The number of amides is 1. The highest BCUT2D eigenvalue weighted by atomic mass is 35.5. The summed E-state index contributed by atoms with van der Waals surface area (Å²) in [6.45, 7) is 2.34. The van der Waals surface area contributed by atoms with Gasteiger partial charge in [-0.1, -0.05) is 42.5 Å². The van der Waals surface area contributed by atoms with Gasteiger partial charge in [-0.15, -0.1) is 12.4 Å². The standard InChI is InChI=1S/C20H24N2O3.ClH/c1-15(23)17-9-5-10-18(13-17)25-12-6-11-20(24)22-14-19(21)16-7-3-2-4-8-16;/h2-5,7-10,13,19H,6,11-12,14,21H2,1H3,(H,22,24);1H. The zero-order chi connectivity index (χ0) is 18.1. The highest BCUT2D eigenvalue weighted by Gasteiger charge is 2.08. The second-order valence-corrected chi connectivity index (χ2v) is 5.86. The molecule has 0 aliphatic carbocycles. The molecule has 1 unspecified atom stereocenters. The predicted octanol–water partition coefficient (Wildman–Crippen LogP) is 3.29. The SMILES string of the molecule is CC(=O)c1cccc(OCCCC(=O)NCC(N)c2ccccc2)c1.Cl. The molecule has 6 heteroatoms. The zero-order valence-corrected chi connectivity index (χ0v) is 15.6. The number of halogens is 1. The van der Waals surface area contributed by atoms with Crippen LogP contribution in [-0.2, 0) is 4.79 Å². The molecule has 2 aromatic carbocycles. The summed E-state index contributed by atoms with van der Waals surface area (Å²) in [7, 11) is 0. The lowest BCUT2D eigenvalue weighted by atomic mass is 10.1. The van der Waals surface area contributed by atoms with Gasteiger partial charge >= 0.3 is 0 Å². The van der Waals surface area contributed by atoms with Crippen molar-refractivity contribution < 1.29 is 14.3 Å². The van der Waals surface area contributed by atoms with Crippen molar-refractivity contribution >= 4 is 24.1 Å². The van der Waals surface area contributed by atoms with Gasteiger partial charge in [-0.25, -0.2) is 0 Å². The lowest BCUT2D eigenvalue weighted by molar-refractivity contribution is -0.121. The molecule has 0 saturated carbocycles. The van der Waals surface area contributed by atoms with E-state index in [1.807, 2.05) is 30.3 Å². The van der Waals surface area contributed by atoms with E-state index in [2.05, 4.69) is 5.32 Å². The number of hydrogen-bond donors (Lipinski definition) is 2. The fraction of sp³-hybridized carbons (Fsp3) is 0.300. The third-order valence-electron chi connectivity index (χ3n) is 3.80. The van der Waals surface area contributed by atoms with Crippen LogP contribution >= 0.6 is 12.4 Å². The lowest BCUT2D eigenvalue weighted by Gasteiger charge is -2.13. The molecular formula is C20H25ClN2O3. The Balaban J connectivity index is 0.00000338. The minimum absolute atomic E-state index is 0. The van der Waals surface area contributed by atoms with Gasteiger partial charge in [-0.2, -0.15) is 0 Å². The summed E-state index contributed by atoms with van der Waals surface area (Å²) in [6, 6.07) is 16.5. The molecule has 140 valence electrons. The first-order chi connectivity index (χ1) is 12.1. The second kappa shape index (κ2) is 11.3. The van der Waals surface area contributed by atoms with Crippen LogP contribution in [0.1, 0.15) is 41.7 Å². The van der Waals surface area contributed by atoms with Crippen LogP contribution in [-0.4, -0.2) is 24.8 Å². The first-order valence-electron chi connectivity index (χ1n) is 8.37. The monoisotopic (exact) mass is 376 g/mol. The maximum atomic E-state index is 11.9. The van der Waals surface area contributed by atoms with E-state index >= 15 is 0 Å². The predicted molar refractivity (Wildman–Crippen MR) is 105 cm³/mol. The summed E-state index contributed by atoms with van der Waals surface area (Å²) in [5.41, 5.74) is 7.66. The van der Waals surface area contributed by atoms with Crippen molar-refractivity contribution in [2.75, 3.05) is 13.2 Å². The number of benzene rings is 2. The Morgan fingerprint density at radius 1 is 1.12 bits per heavy atom. The highest BCUT2D eigenvalue weighted by molar-refractivity contribution is 5.94. The Hall–Kier alpha value is -2.37. The second-order valence-electron chi connectivity index (χ2n) is 5.86. The van der Waals surface area contributed by atoms with Crippen LogP contribution in [0.15, 0.2) is 54.6 Å². The van der Waals surface area contributed by atoms with Gasteiger partial charge < -0.3 is 15.8 Å². The molecule has 0 spiro atoms. The number of nitrogens with one attached hydrogen (secondary N) is 1. The van der Waals surface area contributed by atoms with Crippen molar-refractivity contribution in [2.45, 2.75) is 25.8 Å². The van der Waals surface area contributed by atoms with Crippen molar-refractivity contribution in [3.8, 4) is 5.75 Å². The third-order valence-corrected chi connectivity index (χ3v) is 3.80. The van der Waals surface area contributed by atoms with E-state index in [1.165, 1.54) is 6.92 Å². The smallest absolute Gasteiger partial charge is 0.220 e. The Kier molecular flexibility index (Phi) is 9.41. The minimum atomic E-state index is -0.212. The number of ether oxygens (including phenoxy) is 1. The van der Waals surface area contributed by atoms with E-state index in [0.717, 1.165) is 5.56 Å². The molecule has 0 saturated heterocycles. The molecular weight excluding hydrogens is 352 g/mol. The fourth-order valence-corrected chi connectivity index (χ4v) is 2.36. The van der Waals surface area contributed by atoms with Crippen molar-refractivity contribution in [1.29, 1.82) is 0 Å². The van der Waals surface area contributed by atoms with Gasteiger partial charge in [-0.05, 0) is 31.0 Å². The number of carbonyl (C=O) groups is 2. The number of Topliss-reactive ketones (excluding diaryl/α,β-unsaturated/α-hetero) is 1. The topological polar surface area (TPSA) is 81.4 Å². The van der Waals surface area contributed by atoms with Crippen molar-refractivity contribution in [3.05, 3.63) is 65.7 Å². The fourth-order valence-electron chi connectivity index (χ4n) is 2.36. The van der Waals surface area contributed by atoms with Crippen LogP contribution < -0.4 is 15.8 Å². The molecule has 2 aromatic rings. The number of carbonyl (C=O) groups excluding carboxylic acids is 2. The van der Waals surface area contributed by atoms with Gasteiger partial charge in [0.25, 0.3) is 0 Å². The molecule has 0 heterocycles.